The predicted molar refractivity (Wildman–Crippen MR) is 92.2 cm³/mol. The molecule has 0 radical (unpaired) electrons. The number of rotatable bonds is 6. The number of sulfonamides is 1. The fourth-order valence-electron chi connectivity index (χ4n) is 2.32. The van der Waals surface area contributed by atoms with Gasteiger partial charge in [0.1, 0.15) is 0 Å². The minimum atomic E-state index is -3.83. The van der Waals surface area contributed by atoms with E-state index >= 15 is 0 Å². The summed E-state index contributed by atoms with van der Waals surface area (Å²) in [5.74, 6) is 0.407. The van der Waals surface area contributed by atoms with Crippen molar-refractivity contribution in [2.24, 2.45) is 0 Å². The second-order valence-electron chi connectivity index (χ2n) is 5.44. The van der Waals surface area contributed by atoms with Gasteiger partial charge in [-0.15, -0.1) is 0 Å². The van der Waals surface area contributed by atoms with Crippen molar-refractivity contribution >= 4 is 21.6 Å². The Labute approximate surface area is 146 Å². The van der Waals surface area contributed by atoms with E-state index < -0.39 is 15.9 Å². The molecule has 8 heteroatoms. The first-order valence-electron chi connectivity index (χ1n) is 7.76. The Morgan fingerprint density at radius 3 is 2.52 bits per heavy atom. The predicted octanol–water partition coefficient (Wildman–Crippen LogP) is 1.89. The van der Waals surface area contributed by atoms with Crippen molar-refractivity contribution in [2.75, 3.05) is 18.7 Å². The molecule has 2 aromatic rings. The van der Waals surface area contributed by atoms with Gasteiger partial charge in [-0.2, -0.15) is 0 Å². The van der Waals surface area contributed by atoms with Crippen molar-refractivity contribution in [3.8, 4) is 11.5 Å². The highest BCUT2D eigenvalue weighted by Gasteiger charge is 2.20. The van der Waals surface area contributed by atoms with Crippen LogP contribution in [-0.2, 0) is 21.2 Å². The summed E-state index contributed by atoms with van der Waals surface area (Å²) in [5, 5.41) is 2.65. The Balaban J connectivity index is 1.60. The topological polar surface area (TPSA) is 93.7 Å². The average molecular weight is 362 g/mol. The maximum absolute atomic E-state index is 12.3. The lowest BCUT2D eigenvalue weighted by atomic mass is 10.1. The van der Waals surface area contributed by atoms with Gasteiger partial charge in [-0.25, -0.2) is 13.1 Å². The van der Waals surface area contributed by atoms with E-state index in [1.54, 1.807) is 12.1 Å². The minimum absolute atomic E-state index is 0.0110. The molecule has 0 fully saturated rings. The highest BCUT2D eigenvalue weighted by atomic mass is 32.2. The van der Waals surface area contributed by atoms with Gasteiger partial charge in [-0.05, 0) is 36.2 Å². The second-order valence-corrected chi connectivity index (χ2v) is 7.21. The molecule has 25 heavy (non-hydrogen) atoms. The first-order valence-corrected chi connectivity index (χ1v) is 9.24. The van der Waals surface area contributed by atoms with E-state index in [1.807, 2.05) is 19.1 Å². The van der Waals surface area contributed by atoms with Crippen LogP contribution in [-0.4, -0.2) is 27.7 Å². The van der Waals surface area contributed by atoms with Gasteiger partial charge in [0, 0.05) is 11.8 Å². The van der Waals surface area contributed by atoms with Crippen molar-refractivity contribution in [1.29, 1.82) is 0 Å². The summed E-state index contributed by atoms with van der Waals surface area (Å²) < 4.78 is 37.2. The normalized spacial score (nSPS) is 12.8. The van der Waals surface area contributed by atoms with E-state index in [2.05, 4.69) is 10.0 Å². The van der Waals surface area contributed by atoms with Crippen molar-refractivity contribution in [1.82, 2.24) is 4.72 Å². The molecule has 1 aliphatic rings. The van der Waals surface area contributed by atoms with Crippen LogP contribution in [0.5, 0.6) is 11.5 Å². The molecular formula is C17H18N2O5S. The van der Waals surface area contributed by atoms with Crippen molar-refractivity contribution in [2.45, 2.75) is 18.2 Å². The van der Waals surface area contributed by atoms with Crippen LogP contribution in [0, 0.1) is 0 Å². The van der Waals surface area contributed by atoms with Gasteiger partial charge in [0.25, 0.3) is 0 Å². The lowest BCUT2D eigenvalue weighted by molar-refractivity contribution is -0.115. The van der Waals surface area contributed by atoms with Crippen molar-refractivity contribution in [3.63, 3.8) is 0 Å². The number of amides is 1. The lowest BCUT2D eigenvalue weighted by Crippen LogP contribution is -2.32. The smallest absolute Gasteiger partial charge is 0.241 e. The van der Waals surface area contributed by atoms with Crippen molar-refractivity contribution < 1.29 is 22.7 Å². The Morgan fingerprint density at radius 2 is 1.80 bits per heavy atom. The summed E-state index contributed by atoms with van der Waals surface area (Å²) in [5.41, 5.74) is 1.77. The molecule has 132 valence electrons. The molecule has 2 N–H and O–H groups in total. The number of anilines is 1. The summed E-state index contributed by atoms with van der Waals surface area (Å²) in [6.45, 7) is 1.73. The molecule has 1 heterocycles. The number of aryl methyl sites for hydroxylation is 1. The van der Waals surface area contributed by atoms with Crippen LogP contribution in [0.15, 0.2) is 47.4 Å². The quantitative estimate of drug-likeness (QED) is 0.818. The fraction of sp³-hybridized carbons (Fsp3) is 0.235. The summed E-state index contributed by atoms with van der Waals surface area (Å²) >= 11 is 0. The van der Waals surface area contributed by atoms with E-state index in [0.717, 1.165) is 12.0 Å². The zero-order valence-corrected chi connectivity index (χ0v) is 14.4. The Hall–Kier alpha value is -2.58. The van der Waals surface area contributed by atoms with Crippen molar-refractivity contribution in [3.05, 3.63) is 48.0 Å². The minimum Gasteiger partial charge on any atom is -0.454 e. The molecule has 1 amide bonds. The highest BCUT2D eigenvalue weighted by Crippen LogP contribution is 2.33. The number of ether oxygens (including phenoxy) is 2. The molecule has 0 atom stereocenters. The molecule has 2 aromatic carbocycles. The fourth-order valence-corrected chi connectivity index (χ4v) is 3.31. The summed E-state index contributed by atoms with van der Waals surface area (Å²) in [4.78, 5) is 12.0. The molecule has 0 bridgehead atoms. The number of hydrogen-bond donors (Lipinski definition) is 2. The third-order valence-corrected chi connectivity index (χ3v) is 5.12. The molecule has 7 nitrogen and oxygen atoms in total. The van der Waals surface area contributed by atoms with E-state index in [1.165, 1.54) is 18.2 Å². The number of fused-ring (bicyclic) bond motifs is 1. The number of benzene rings is 2. The molecule has 0 aliphatic carbocycles. The third kappa shape index (κ3) is 4.09. The van der Waals surface area contributed by atoms with Crippen LogP contribution >= 0.6 is 0 Å². The zero-order valence-electron chi connectivity index (χ0n) is 13.6. The SMILES string of the molecule is CCc1ccc(NC(=O)CNS(=O)(=O)c2ccc3c(c2)OCO3)cc1. The molecule has 1 aliphatic heterocycles. The second kappa shape index (κ2) is 7.12. The van der Waals surface area contributed by atoms with Crippen LogP contribution in [0.2, 0.25) is 0 Å². The van der Waals surface area contributed by atoms with E-state index in [-0.39, 0.29) is 18.2 Å². The molecule has 0 spiro atoms. The molecular weight excluding hydrogens is 344 g/mol. The van der Waals surface area contributed by atoms with Gasteiger partial charge in [0.05, 0.1) is 11.4 Å². The monoisotopic (exact) mass is 362 g/mol. The average Bonchev–Trinajstić information content (AvgIpc) is 3.08. The summed E-state index contributed by atoms with van der Waals surface area (Å²) in [6.07, 6.45) is 0.906. The first-order chi connectivity index (χ1) is 12.0. The zero-order chi connectivity index (χ0) is 17.9. The first kappa shape index (κ1) is 17.2. The van der Waals surface area contributed by atoms with Crippen LogP contribution in [0.25, 0.3) is 0 Å². The largest absolute Gasteiger partial charge is 0.454 e. The van der Waals surface area contributed by atoms with Crippen LogP contribution in [0.3, 0.4) is 0 Å². The van der Waals surface area contributed by atoms with E-state index in [0.29, 0.717) is 17.2 Å². The maximum Gasteiger partial charge on any atom is 0.241 e. The molecule has 0 unspecified atom stereocenters. The van der Waals surface area contributed by atoms with Crippen LogP contribution in [0.4, 0.5) is 5.69 Å². The summed E-state index contributed by atoms with van der Waals surface area (Å²) in [7, 11) is -3.83. The van der Waals surface area contributed by atoms with Gasteiger partial charge in [0.2, 0.25) is 22.7 Å². The molecule has 0 saturated carbocycles. The van der Waals surface area contributed by atoms with E-state index in [9.17, 15) is 13.2 Å². The Morgan fingerprint density at radius 1 is 1.08 bits per heavy atom. The molecule has 0 saturated heterocycles. The Bertz CT molecular complexity index is 878. The number of carbonyl (C=O) groups excluding carboxylic acids is 1. The van der Waals surface area contributed by atoms with Gasteiger partial charge < -0.3 is 14.8 Å². The van der Waals surface area contributed by atoms with Gasteiger partial charge in [-0.1, -0.05) is 19.1 Å². The van der Waals surface area contributed by atoms with Gasteiger partial charge in [0.15, 0.2) is 11.5 Å². The van der Waals surface area contributed by atoms with Gasteiger partial charge >= 0.3 is 0 Å². The number of carbonyl (C=O) groups is 1. The third-order valence-electron chi connectivity index (χ3n) is 3.72. The Kier molecular flexibility index (Phi) is 4.91. The summed E-state index contributed by atoms with van der Waals surface area (Å²) in [6, 6.07) is 11.7. The van der Waals surface area contributed by atoms with Gasteiger partial charge in [-0.3, -0.25) is 4.79 Å². The standard InChI is InChI=1S/C17H18N2O5S/c1-2-12-3-5-13(6-4-12)19-17(20)10-18-25(21,22)14-7-8-15-16(9-14)24-11-23-15/h3-9,18H,2,10-11H2,1H3,(H,19,20). The molecule has 0 aromatic heterocycles. The number of hydrogen-bond acceptors (Lipinski definition) is 5. The number of nitrogens with one attached hydrogen (secondary N) is 2. The molecule has 3 rings (SSSR count). The van der Waals surface area contributed by atoms with Crippen LogP contribution in [0.1, 0.15) is 12.5 Å². The maximum atomic E-state index is 12.3. The highest BCUT2D eigenvalue weighted by molar-refractivity contribution is 7.89. The lowest BCUT2D eigenvalue weighted by Gasteiger charge is -2.09. The van der Waals surface area contributed by atoms with E-state index in [4.69, 9.17) is 9.47 Å². The van der Waals surface area contributed by atoms with Crippen LogP contribution < -0.4 is 19.5 Å².